The molecule has 0 aromatic heterocycles. The normalized spacial score (nSPS) is 9.11. The molecule has 4 nitrogen and oxygen atoms in total. The molecule has 1 aromatic carbocycles. The Morgan fingerprint density at radius 2 is 1.44 bits per heavy atom. The summed E-state index contributed by atoms with van der Waals surface area (Å²) in [5, 5.41) is 6.52. The van der Waals surface area contributed by atoms with Crippen LogP contribution in [0.5, 0.6) is 0 Å². The number of ether oxygens (including phenoxy) is 2. The Kier molecular flexibility index (Phi) is 13.6. The van der Waals surface area contributed by atoms with E-state index in [0.717, 1.165) is 5.69 Å². The second kappa shape index (κ2) is 13.2. The van der Waals surface area contributed by atoms with E-state index in [4.69, 9.17) is 10.1 Å². The third kappa shape index (κ3) is 12.2. The maximum atomic E-state index is 6.52. The number of rotatable bonds is 1. The van der Waals surface area contributed by atoms with Gasteiger partial charge in [0.25, 0.3) is 0 Å². The number of benzene rings is 1. The monoisotopic (exact) mass is 252 g/mol. The Morgan fingerprint density at radius 3 is 1.78 bits per heavy atom. The van der Waals surface area contributed by atoms with E-state index in [9.17, 15) is 0 Å². The van der Waals surface area contributed by atoms with Crippen molar-refractivity contribution in [1.29, 1.82) is 5.41 Å². The highest BCUT2D eigenvalue weighted by Gasteiger charge is 1.87. The molecule has 0 spiro atoms. The molecule has 0 amide bonds. The van der Waals surface area contributed by atoms with Crippen molar-refractivity contribution in [3.8, 4) is 0 Å². The number of hydrogen-bond donors (Lipinski definition) is 1. The standard InChI is InChI=1S/C9H11NO.C3H7NO.C2H6/c1-8(11-2)10-9-6-4-3-5-7-9;1-3(4)5-2;1-2/h3-7H,1-2H3;4H,1-2H3;1-2H3. The molecule has 0 heterocycles. The quantitative estimate of drug-likeness (QED) is 0.605. The Hall–Kier alpha value is -1.84. The smallest absolute Gasteiger partial charge is 0.184 e. The minimum atomic E-state index is 0.255. The van der Waals surface area contributed by atoms with Crippen molar-refractivity contribution in [2.75, 3.05) is 14.2 Å². The fraction of sp³-hybridized carbons (Fsp3) is 0.429. The summed E-state index contributed by atoms with van der Waals surface area (Å²) in [6.45, 7) is 7.41. The van der Waals surface area contributed by atoms with Crippen LogP contribution < -0.4 is 0 Å². The van der Waals surface area contributed by atoms with Gasteiger partial charge in [0.1, 0.15) is 0 Å². The van der Waals surface area contributed by atoms with Gasteiger partial charge in [-0.05, 0) is 12.1 Å². The number of nitrogens with zero attached hydrogens (tertiary/aromatic N) is 1. The largest absolute Gasteiger partial charge is 0.485 e. The second-order valence-electron chi connectivity index (χ2n) is 2.93. The van der Waals surface area contributed by atoms with Gasteiger partial charge in [-0.25, -0.2) is 4.99 Å². The zero-order chi connectivity index (χ0) is 14.4. The van der Waals surface area contributed by atoms with Crippen molar-refractivity contribution in [2.24, 2.45) is 4.99 Å². The Bertz CT molecular complexity index is 335. The van der Waals surface area contributed by atoms with Crippen molar-refractivity contribution in [1.82, 2.24) is 0 Å². The number of hydrogen-bond acceptors (Lipinski definition) is 4. The zero-order valence-corrected chi connectivity index (χ0v) is 12.2. The fourth-order valence-electron chi connectivity index (χ4n) is 0.730. The molecule has 0 saturated heterocycles. The summed E-state index contributed by atoms with van der Waals surface area (Å²) in [6, 6.07) is 9.72. The first-order valence-electron chi connectivity index (χ1n) is 5.83. The molecule has 1 N–H and O–H groups in total. The molecule has 0 radical (unpaired) electrons. The molecule has 102 valence electrons. The Morgan fingerprint density at radius 1 is 1.00 bits per heavy atom. The van der Waals surface area contributed by atoms with Crippen LogP contribution in [0.1, 0.15) is 27.7 Å². The SMILES string of the molecule is CC.COC(C)=N.COC(C)=Nc1ccccc1. The lowest BCUT2D eigenvalue weighted by Crippen LogP contribution is -1.91. The summed E-state index contributed by atoms with van der Waals surface area (Å²) >= 11 is 0. The van der Waals surface area contributed by atoms with Crippen LogP contribution in [0.2, 0.25) is 0 Å². The van der Waals surface area contributed by atoms with Crippen LogP contribution in [-0.4, -0.2) is 26.0 Å². The molecular formula is C14H24N2O2. The fourth-order valence-corrected chi connectivity index (χ4v) is 0.730. The summed E-state index contributed by atoms with van der Waals surface area (Å²) in [5.41, 5.74) is 0.923. The topological polar surface area (TPSA) is 54.7 Å². The van der Waals surface area contributed by atoms with E-state index < -0.39 is 0 Å². The van der Waals surface area contributed by atoms with Crippen molar-refractivity contribution in [3.05, 3.63) is 30.3 Å². The molecular weight excluding hydrogens is 228 g/mol. The number of para-hydroxylation sites is 1. The van der Waals surface area contributed by atoms with E-state index >= 15 is 0 Å². The van der Waals surface area contributed by atoms with E-state index in [1.807, 2.05) is 51.1 Å². The minimum Gasteiger partial charge on any atom is -0.485 e. The molecule has 0 bridgehead atoms. The van der Waals surface area contributed by atoms with Crippen molar-refractivity contribution >= 4 is 17.5 Å². The average Bonchev–Trinajstić information content (AvgIpc) is 2.42. The van der Waals surface area contributed by atoms with Crippen LogP contribution in [-0.2, 0) is 9.47 Å². The van der Waals surface area contributed by atoms with Crippen molar-refractivity contribution < 1.29 is 9.47 Å². The van der Waals surface area contributed by atoms with E-state index in [1.54, 1.807) is 14.0 Å². The molecule has 0 saturated carbocycles. The van der Waals surface area contributed by atoms with Crippen molar-refractivity contribution in [2.45, 2.75) is 27.7 Å². The van der Waals surface area contributed by atoms with Crippen LogP contribution in [0.25, 0.3) is 0 Å². The van der Waals surface area contributed by atoms with Gasteiger partial charge in [0.05, 0.1) is 19.9 Å². The summed E-state index contributed by atoms with van der Waals surface area (Å²) in [7, 11) is 3.09. The molecule has 0 aliphatic carbocycles. The number of nitrogens with one attached hydrogen (secondary N) is 1. The van der Waals surface area contributed by atoms with Gasteiger partial charge in [0.2, 0.25) is 0 Å². The van der Waals surface area contributed by atoms with Crippen LogP contribution in [0, 0.1) is 5.41 Å². The molecule has 1 rings (SSSR count). The summed E-state index contributed by atoms with van der Waals surface area (Å²) < 4.78 is 9.24. The van der Waals surface area contributed by atoms with Gasteiger partial charge in [-0.1, -0.05) is 32.0 Å². The average molecular weight is 252 g/mol. The molecule has 4 heteroatoms. The van der Waals surface area contributed by atoms with Crippen LogP contribution in [0.4, 0.5) is 5.69 Å². The molecule has 0 fully saturated rings. The predicted octanol–water partition coefficient (Wildman–Crippen LogP) is 4.04. The number of aliphatic imine (C=N–C) groups is 1. The first kappa shape index (κ1) is 18.5. The Labute approximate surface area is 110 Å². The van der Waals surface area contributed by atoms with Crippen LogP contribution >= 0.6 is 0 Å². The van der Waals surface area contributed by atoms with Gasteiger partial charge >= 0.3 is 0 Å². The summed E-state index contributed by atoms with van der Waals surface area (Å²) in [6.07, 6.45) is 0. The van der Waals surface area contributed by atoms with Crippen LogP contribution in [0.3, 0.4) is 0 Å². The lowest BCUT2D eigenvalue weighted by Gasteiger charge is -1.96. The zero-order valence-electron chi connectivity index (χ0n) is 12.2. The predicted molar refractivity (Wildman–Crippen MR) is 78.0 cm³/mol. The van der Waals surface area contributed by atoms with E-state index in [-0.39, 0.29) is 5.90 Å². The lowest BCUT2D eigenvalue weighted by atomic mass is 10.3. The van der Waals surface area contributed by atoms with Gasteiger partial charge in [0.15, 0.2) is 11.8 Å². The third-order valence-electron chi connectivity index (χ3n) is 1.64. The maximum absolute atomic E-state index is 6.52. The van der Waals surface area contributed by atoms with Gasteiger partial charge in [-0.3, -0.25) is 5.41 Å². The highest BCUT2D eigenvalue weighted by molar-refractivity contribution is 5.76. The molecule has 0 atom stereocenters. The molecule has 1 aromatic rings. The highest BCUT2D eigenvalue weighted by Crippen LogP contribution is 2.09. The first-order valence-corrected chi connectivity index (χ1v) is 5.83. The second-order valence-corrected chi connectivity index (χ2v) is 2.93. The van der Waals surface area contributed by atoms with Crippen LogP contribution in [0.15, 0.2) is 35.3 Å². The van der Waals surface area contributed by atoms with Gasteiger partial charge < -0.3 is 9.47 Å². The van der Waals surface area contributed by atoms with E-state index in [1.165, 1.54) is 7.11 Å². The van der Waals surface area contributed by atoms with Gasteiger partial charge in [-0.15, -0.1) is 0 Å². The van der Waals surface area contributed by atoms with E-state index in [2.05, 4.69) is 9.73 Å². The highest BCUT2D eigenvalue weighted by atomic mass is 16.5. The molecule has 18 heavy (non-hydrogen) atoms. The van der Waals surface area contributed by atoms with E-state index in [0.29, 0.717) is 5.90 Å². The van der Waals surface area contributed by atoms with Gasteiger partial charge in [-0.2, -0.15) is 0 Å². The summed E-state index contributed by atoms with van der Waals surface area (Å²) in [5.74, 6) is 0.932. The Balaban J connectivity index is 0. The van der Waals surface area contributed by atoms with Crippen molar-refractivity contribution in [3.63, 3.8) is 0 Å². The number of methoxy groups -OCH3 is 2. The third-order valence-corrected chi connectivity index (χ3v) is 1.64. The van der Waals surface area contributed by atoms with Gasteiger partial charge in [0, 0.05) is 13.8 Å². The molecule has 0 aliphatic heterocycles. The first-order chi connectivity index (χ1) is 8.60. The molecule has 0 aliphatic rings. The maximum Gasteiger partial charge on any atom is 0.184 e. The minimum absolute atomic E-state index is 0.255. The molecule has 0 unspecified atom stereocenters. The lowest BCUT2D eigenvalue weighted by molar-refractivity contribution is 0.396. The summed E-state index contributed by atoms with van der Waals surface area (Å²) in [4.78, 5) is 4.17.